The topological polar surface area (TPSA) is 32.3 Å². The number of allylic oxidation sites excluding steroid dienone is 2. The van der Waals surface area contributed by atoms with Gasteiger partial charge in [-0.25, -0.2) is 0 Å². The second-order valence-electron chi connectivity index (χ2n) is 3.38. The van der Waals surface area contributed by atoms with Crippen molar-refractivity contribution < 1.29 is 5.11 Å². The van der Waals surface area contributed by atoms with Crippen molar-refractivity contribution in [3.05, 3.63) is 36.6 Å². The zero-order valence-electron chi connectivity index (χ0n) is 7.92. The summed E-state index contributed by atoms with van der Waals surface area (Å²) < 4.78 is 0. The fourth-order valence-electron chi connectivity index (χ4n) is 1.67. The Morgan fingerprint density at radius 2 is 2.31 bits per heavy atom. The Hall–Kier alpha value is -1.02. The predicted molar refractivity (Wildman–Crippen MR) is 55.6 cm³/mol. The van der Waals surface area contributed by atoms with Gasteiger partial charge in [-0.2, -0.15) is 0 Å². The van der Waals surface area contributed by atoms with Crippen molar-refractivity contribution in [2.45, 2.75) is 12.8 Å². The molecule has 1 unspecified atom stereocenters. The van der Waals surface area contributed by atoms with Crippen LogP contribution in [0.2, 0.25) is 0 Å². The van der Waals surface area contributed by atoms with Gasteiger partial charge in [0.25, 0.3) is 0 Å². The third-order valence-electron chi connectivity index (χ3n) is 2.34. The molecule has 2 N–H and O–H groups in total. The zero-order chi connectivity index (χ0) is 9.68. The van der Waals surface area contributed by atoms with E-state index in [2.05, 4.69) is 18.5 Å². The molecule has 2 nitrogen and oxygen atoms in total. The number of hydrogen-bond acceptors (Lipinski definition) is 2. The zero-order valence-corrected chi connectivity index (χ0v) is 7.92. The normalized spacial score (nSPS) is 24.0. The molecular weight excluding hydrogens is 162 g/mol. The second kappa shape index (κ2) is 4.87. The smallest absolute Gasteiger partial charge is 0.108 e. The van der Waals surface area contributed by atoms with E-state index < -0.39 is 0 Å². The molecule has 1 saturated heterocycles. The molecule has 1 aliphatic rings. The molecule has 0 saturated carbocycles. The third-order valence-corrected chi connectivity index (χ3v) is 2.34. The summed E-state index contributed by atoms with van der Waals surface area (Å²) in [7, 11) is 0. The Morgan fingerprint density at radius 3 is 2.77 bits per heavy atom. The van der Waals surface area contributed by atoms with Crippen molar-refractivity contribution in [3.63, 3.8) is 0 Å². The lowest BCUT2D eigenvalue weighted by Gasteiger charge is -2.23. The molecule has 1 atom stereocenters. The molecule has 1 aliphatic heterocycles. The van der Waals surface area contributed by atoms with Crippen LogP contribution >= 0.6 is 0 Å². The first-order valence-corrected chi connectivity index (χ1v) is 4.66. The van der Waals surface area contributed by atoms with Gasteiger partial charge >= 0.3 is 0 Å². The summed E-state index contributed by atoms with van der Waals surface area (Å²) in [5.41, 5.74) is 1.08. The van der Waals surface area contributed by atoms with Crippen LogP contribution in [0.4, 0.5) is 0 Å². The first-order chi connectivity index (χ1) is 6.24. The first kappa shape index (κ1) is 10.1. The lowest BCUT2D eigenvalue weighted by Crippen LogP contribution is -2.30. The van der Waals surface area contributed by atoms with Crippen LogP contribution in [-0.4, -0.2) is 18.2 Å². The minimum absolute atomic E-state index is 0.112. The minimum atomic E-state index is 0.112. The predicted octanol–water partition coefficient (Wildman–Crippen LogP) is 2.17. The van der Waals surface area contributed by atoms with Crippen molar-refractivity contribution in [2.75, 3.05) is 13.1 Å². The Bertz CT molecular complexity index is 224. The molecule has 2 heteroatoms. The molecule has 0 amide bonds. The molecular formula is C11H17NO. The molecule has 72 valence electrons. The van der Waals surface area contributed by atoms with Gasteiger partial charge in [0.1, 0.15) is 5.76 Å². The van der Waals surface area contributed by atoms with E-state index in [1.54, 1.807) is 12.2 Å². The summed E-state index contributed by atoms with van der Waals surface area (Å²) in [6.45, 7) is 9.27. The van der Waals surface area contributed by atoms with E-state index in [4.69, 9.17) is 5.11 Å². The van der Waals surface area contributed by atoms with Gasteiger partial charge in [-0.1, -0.05) is 19.2 Å². The van der Waals surface area contributed by atoms with Crippen molar-refractivity contribution in [1.82, 2.24) is 5.32 Å². The van der Waals surface area contributed by atoms with E-state index in [9.17, 15) is 0 Å². The van der Waals surface area contributed by atoms with Crippen molar-refractivity contribution in [2.24, 2.45) is 5.92 Å². The quantitative estimate of drug-likeness (QED) is 0.514. The molecule has 0 aliphatic carbocycles. The summed E-state index contributed by atoms with van der Waals surface area (Å²) >= 11 is 0. The van der Waals surface area contributed by atoms with Gasteiger partial charge in [-0.15, -0.1) is 0 Å². The van der Waals surface area contributed by atoms with Gasteiger partial charge in [0.2, 0.25) is 0 Å². The van der Waals surface area contributed by atoms with Crippen LogP contribution in [0.15, 0.2) is 36.6 Å². The van der Waals surface area contributed by atoms with Crippen LogP contribution in [0, 0.1) is 5.92 Å². The lowest BCUT2D eigenvalue weighted by atomic mass is 9.91. The van der Waals surface area contributed by atoms with Gasteiger partial charge in [0.15, 0.2) is 0 Å². The maximum Gasteiger partial charge on any atom is 0.108 e. The van der Waals surface area contributed by atoms with Crippen LogP contribution in [0.3, 0.4) is 0 Å². The maximum absolute atomic E-state index is 9.05. The third kappa shape index (κ3) is 3.07. The standard InChI is InChI=1S/C11H17NO/c1-3-10(7-9(2)13)11-5-4-6-12-8-11/h3,7,11-13H,1-2,4-6,8H2/b10-7+. The number of aliphatic hydroxyl groups is 1. The maximum atomic E-state index is 9.05. The molecule has 1 heterocycles. The first-order valence-electron chi connectivity index (χ1n) is 4.66. The second-order valence-corrected chi connectivity index (χ2v) is 3.38. The van der Waals surface area contributed by atoms with Gasteiger partial charge in [0, 0.05) is 6.54 Å². The van der Waals surface area contributed by atoms with E-state index in [0.717, 1.165) is 25.1 Å². The number of aliphatic hydroxyl groups excluding tert-OH is 1. The van der Waals surface area contributed by atoms with E-state index in [0.29, 0.717) is 5.92 Å². The SMILES string of the molecule is C=C/C(=C\C(=C)O)C1CCCNC1. The van der Waals surface area contributed by atoms with E-state index >= 15 is 0 Å². The average molecular weight is 179 g/mol. The van der Waals surface area contributed by atoms with Crippen LogP contribution in [0.25, 0.3) is 0 Å². The Labute approximate surface area is 79.7 Å². The Morgan fingerprint density at radius 1 is 1.54 bits per heavy atom. The highest BCUT2D eigenvalue weighted by atomic mass is 16.3. The fourth-order valence-corrected chi connectivity index (χ4v) is 1.67. The summed E-state index contributed by atoms with van der Waals surface area (Å²) in [6.07, 6.45) is 5.86. The minimum Gasteiger partial charge on any atom is -0.509 e. The highest BCUT2D eigenvalue weighted by Gasteiger charge is 2.15. The Kier molecular flexibility index (Phi) is 3.77. The number of hydrogen-bond donors (Lipinski definition) is 2. The summed E-state index contributed by atoms with van der Waals surface area (Å²) in [4.78, 5) is 0. The summed E-state index contributed by atoms with van der Waals surface area (Å²) in [5, 5.41) is 12.4. The molecule has 0 radical (unpaired) electrons. The molecule has 0 aromatic heterocycles. The lowest BCUT2D eigenvalue weighted by molar-refractivity contribution is 0.415. The van der Waals surface area contributed by atoms with Crippen molar-refractivity contribution >= 4 is 0 Å². The molecule has 0 aromatic carbocycles. The van der Waals surface area contributed by atoms with Crippen molar-refractivity contribution in [1.29, 1.82) is 0 Å². The monoisotopic (exact) mass is 179 g/mol. The summed E-state index contributed by atoms with van der Waals surface area (Å²) in [6, 6.07) is 0. The number of nitrogens with one attached hydrogen (secondary N) is 1. The fraction of sp³-hybridized carbons (Fsp3) is 0.455. The molecule has 1 rings (SSSR count). The molecule has 0 aromatic rings. The largest absolute Gasteiger partial charge is 0.509 e. The summed E-state index contributed by atoms with van der Waals surface area (Å²) in [5.74, 6) is 0.593. The molecule has 1 fully saturated rings. The van der Waals surface area contributed by atoms with Crippen LogP contribution < -0.4 is 5.32 Å². The Balaban J connectivity index is 2.64. The molecule has 13 heavy (non-hydrogen) atoms. The number of rotatable bonds is 3. The van der Waals surface area contributed by atoms with Gasteiger partial charge in [0.05, 0.1) is 0 Å². The van der Waals surface area contributed by atoms with E-state index in [1.165, 1.54) is 6.42 Å². The van der Waals surface area contributed by atoms with E-state index in [-0.39, 0.29) is 5.76 Å². The number of piperidine rings is 1. The highest BCUT2D eigenvalue weighted by molar-refractivity contribution is 5.26. The molecule has 0 bridgehead atoms. The average Bonchev–Trinajstić information content (AvgIpc) is 2.15. The van der Waals surface area contributed by atoms with Gasteiger partial charge in [-0.05, 0) is 37.0 Å². The van der Waals surface area contributed by atoms with Gasteiger partial charge in [-0.3, -0.25) is 0 Å². The van der Waals surface area contributed by atoms with Crippen LogP contribution in [-0.2, 0) is 0 Å². The van der Waals surface area contributed by atoms with Crippen molar-refractivity contribution in [3.8, 4) is 0 Å². The highest BCUT2D eigenvalue weighted by Crippen LogP contribution is 2.20. The van der Waals surface area contributed by atoms with Crippen LogP contribution in [0.1, 0.15) is 12.8 Å². The molecule has 0 spiro atoms. The van der Waals surface area contributed by atoms with E-state index in [1.807, 2.05) is 0 Å². The van der Waals surface area contributed by atoms with Crippen LogP contribution in [0.5, 0.6) is 0 Å². The van der Waals surface area contributed by atoms with Gasteiger partial charge < -0.3 is 10.4 Å².